The zero-order valence-electron chi connectivity index (χ0n) is 7.27. The molecule has 0 amide bonds. The van der Waals surface area contributed by atoms with E-state index in [4.69, 9.17) is 10.1 Å². The lowest BCUT2D eigenvalue weighted by Crippen LogP contribution is -2.06. The third kappa shape index (κ3) is 1.44. The fourth-order valence-corrected chi connectivity index (χ4v) is 1.30. The van der Waals surface area contributed by atoms with Crippen LogP contribution in [0.4, 0.5) is 4.39 Å². The van der Waals surface area contributed by atoms with Crippen molar-refractivity contribution in [1.82, 2.24) is 0 Å². The maximum Gasteiger partial charge on any atom is 0.218 e. The molecule has 1 aromatic rings. The fraction of sp³-hybridized carbons (Fsp3) is 0.200. The molecule has 1 atom stereocenters. The first-order chi connectivity index (χ1) is 6.81. The zero-order valence-corrected chi connectivity index (χ0v) is 7.27. The van der Waals surface area contributed by atoms with Gasteiger partial charge >= 0.3 is 0 Å². The first-order valence-corrected chi connectivity index (χ1v) is 4.18. The molecule has 0 unspecified atom stereocenters. The van der Waals surface area contributed by atoms with Crippen LogP contribution >= 0.6 is 0 Å². The number of nitrogens with zero attached hydrogens (tertiary/aromatic N) is 2. The Hall–Kier alpha value is -1.89. The van der Waals surface area contributed by atoms with Gasteiger partial charge in [0.05, 0.1) is 5.71 Å². The molecule has 0 fully saturated rings. The average molecular weight is 190 g/mol. The summed E-state index contributed by atoms with van der Waals surface area (Å²) >= 11 is 0. The minimum absolute atomic E-state index is 0.339. The highest BCUT2D eigenvalue weighted by Crippen LogP contribution is 2.18. The summed E-state index contributed by atoms with van der Waals surface area (Å²) in [5.41, 5.74) is 0.903. The van der Waals surface area contributed by atoms with Crippen molar-refractivity contribution in [3.63, 3.8) is 0 Å². The van der Waals surface area contributed by atoms with Crippen molar-refractivity contribution in [2.45, 2.75) is 12.5 Å². The fourth-order valence-electron chi connectivity index (χ4n) is 1.30. The molecule has 0 aliphatic carbocycles. The van der Waals surface area contributed by atoms with Gasteiger partial charge in [0, 0.05) is 12.0 Å². The van der Waals surface area contributed by atoms with Gasteiger partial charge in [-0.2, -0.15) is 5.26 Å². The van der Waals surface area contributed by atoms with Crippen molar-refractivity contribution < 1.29 is 9.23 Å². The number of hydrogen-bond acceptors (Lipinski definition) is 3. The standard InChI is InChI=1S/C10H7FN2O/c11-9-4-2-1-3-8(9)10-5-7(6-12)14-13-10/h1-4,7H,5H2/t7-/m1/s1. The summed E-state index contributed by atoms with van der Waals surface area (Å²) in [6, 6.07) is 8.24. The third-order valence-corrected chi connectivity index (χ3v) is 2.00. The number of halogens is 1. The summed E-state index contributed by atoms with van der Waals surface area (Å²) in [6.07, 6.45) is -0.234. The minimum atomic E-state index is -0.579. The van der Waals surface area contributed by atoms with Crippen LogP contribution < -0.4 is 0 Å². The van der Waals surface area contributed by atoms with Crippen molar-refractivity contribution in [3.05, 3.63) is 35.6 Å². The Morgan fingerprint density at radius 1 is 1.50 bits per heavy atom. The Balaban J connectivity index is 2.27. The molecule has 1 aromatic carbocycles. The van der Waals surface area contributed by atoms with Crippen LogP contribution in [0, 0.1) is 17.1 Å². The molecule has 0 saturated heterocycles. The van der Waals surface area contributed by atoms with Gasteiger partial charge in [0.15, 0.2) is 0 Å². The average Bonchev–Trinajstić information content (AvgIpc) is 2.67. The second-order valence-corrected chi connectivity index (χ2v) is 2.95. The van der Waals surface area contributed by atoms with Gasteiger partial charge in [-0.05, 0) is 6.07 Å². The Kier molecular flexibility index (Phi) is 2.15. The quantitative estimate of drug-likeness (QED) is 0.678. The Morgan fingerprint density at radius 3 is 2.93 bits per heavy atom. The van der Waals surface area contributed by atoms with E-state index in [2.05, 4.69) is 5.16 Å². The summed E-state index contributed by atoms with van der Waals surface area (Å²) in [5.74, 6) is -0.339. The van der Waals surface area contributed by atoms with Gasteiger partial charge in [0.1, 0.15) is 11.9 Å². The summed E-state index contributed by atoms with van der Waals surface area (Å²) < 4.78 is 13.3. The zero-order chi connectivity index (χ0) is 9.97. The van der Waals surface area contributed by atoms with Crippen LogP contribution in [0.15, 0.2) is 29.4 Å². The molecule has 0 aromatic heterocycles. The van der Waals surface area contributed by atoms with Gasteiger partial charge in [0.2, 0.25) is 6.10 Å². The number of rotatable bonds is 1. The van der Waals surface area contributed by atoms with E-state index in [1.165, 1.54) is 6.07 Å². The monoisotopic (exact) mass is 190 g/mol. The molecule has 1 aliphatic heterocycles. The highest BCUT2D eigenvalue weighted by molar-refractivity contribution is 6.01. The molecule has 0 spiro atoms. The van der Waals surface area contributed by atoms with E-state index in [1.54, 1.807) is 18.2 Å². The molecular formula is C10H7FN2O. The highest BCUT2D eigenvalue weighted by Gasteiger charge is 2.23. The van der Waals surface area contributed by atoms with Gasteiger partial charge in [-0.1, -0.05) is 23.4 Å². The summed E-state index contributed by atoms with van der Waals surface area (Å²) in [7, 11) is 0. The maximum atomic E-state index is 13.3. The van der Waals surface area contributed by atoms with Crippen molar-refractivity contribution in [2.24, 2.45) is 5.16 Å². The molecule has 14 heavy (non-hydrogen) atoms. The second kappa shape index (κ2) is 3.46. The minimum Gasteiger partial charge on any atom is -0.376 e. The number of hydrogen-bond donors (Lipinski definition) is 0. The molecule has 70 valence electrons. The smallest absolute Gasteiger partial charge is 0.218 e. The van der Waals surface area contributed by atoms with E-state index in [0.717, 1.165) is 0 Å². The van der Waals surface area contributed by atoms with E-state index in [1.807, 2.05) is 6.07 Å². The molecule has 1 heterocycles. The summed E-state index contributed by atoms with van der Waals surface area (Å²) in [5, 5.41) is 12.2. The molecule has 1 aliphatic rings. The lowest BCUT2D eigenvalue weighted by atomic mass is 10.1. The molecule has 3 nitrogen and oxygen atoms in total. The van der Waals surface area contributed by atoms with Crippen molar-refractivity contribution in [2.75, 3.05) is 0 Å². The number of nitriles is 1. The normalized spacial score (nSPS) is 19.7. The number of oxime groups is 1. The van der Waals surface area contributed by atoms with Crippen LogP contribution in [0.3, 0.4) is 0 Å². The van der Waals surface area contributed by atoms with Crippen molar-refractivity contribution >= 4 is 5.71 Å². The first-order valence-electron chi connectivity index (χ1n) is 4.18. The molecule has 0 saturated carbocycles. The van der Waals surface area contributed by atoms with E-state index in [-0.39, 0.29) is 5.82 Å². The van der Waals surface area contributed by atoms with E-state index in [0.29, 0.717) is 17.7 Å². The van der Waals surface area contributed by atoms with Crippen LogP contribution in [0.1, 0.15) is 12.0 Å². The Morgan fingerprint density at radius 2 is 2.29 bits per heavy atom. The summed E-state index contributed by atoms with van der Waals surface area (Å²) in [6.45, 7) is 0. The van der Waals surface area contributed by atoms with Crippen LogP contribution in [0.25, 0.3) is 0 Å². The lowest BCUT2D eigenvalue weighted by molar-refractivity contribution is 0.125. The number of benzene rings is 1. The van der Waals surface area contributed by atoms with Gasteiger partial charge in [0.25, 0.3) is 0 Å². The molecule has 0 bridgehead atoms. The predicted octanol–water partition coefficient (Wildman–Crippen LogP) is 1.84. The van der Waals surface area contributed by atoms with E-state index in [9.17, 15) is 4.39 Å². The molecule has 0 N–H and O–H groups in total. The van der Waals surface area contributed by atoms with Crippen molar-refractivity contribution in [3.8, 4) is 6.07 Å². The van der Waals surface area contributed by atoms with Crippen LogP contribution in [-0.4, -0.2) is 11.8 Å². The molecule has 2 rings (SSSR count). The second-order valence-electron chi connectivity index (χ2n) is 2.95. The molecular weight excluding hydrogens is 183 g/mol. The van der Waals surface area contributed by atoms with Gasteiger partial charge in [-0.15, -0.1) is 0 Å². The maximum absolute atomic E-state index is 13.3. The largest absolute Gasteiger partial charge is 0.376 e. The summed E-state index contributed by atoms with van der Waals surface area (Å²) in [4.78, 5) is 4.78. The Bertz CT molecular complexity index is 422. The predicted molar refractivity (Wildman–Crippen MR) is 48.0 cm³/mol. The van der Waals surface area contributed by atoms with Crippen molar-refractivity contribution in [1.29, 1.82) is 5.26 Å². The van der Waals surface area contributed by atoms with Gasteiger partial charge in [-0.25, -0.2) is 4.39 Å². The van der Waals surface area contributed by atoms with Crippen LogP contribution in [0.2, 0.25) is 0 Å². The molecule has 4 heteroatoms. The van der Waals surface area contributed by atoms with Crippen LogP contribution in [0.5, 0.6) is 0 Å². The van der Waals surface area contributed by atoms with Gasteiger partial charge < -0.3 is 4.84 Å². The van der Waals surface area contributed by atoms with E-state index < -0.39 is 6.10 Å². The first kappa shape index (κ1) is 8.70. The van der Waals surface area contributed by atoms with E-state index >= 15 is 0 Å². The third-order valence-electron chi connectivity index (χ3n) is 2.00. The molecule has 0 radical (unpaired) electrons. The van der Waals surface area contributed by atoms with Crippen LogP contribution in [-0.2, 0) is 4.84 Å². The Labute approximate surface area is 80.4 Å². The van der Waals surface area contributed by atoms with Gasteiger partial charge in [-0.3, -0.25) is 0 Å². The highest BCUT2D eigenvalue weighted by atomic mass is 19.1. The topological polar surface area (TPSA) is 45.4 Å². The SMILES string of the molecule is N#C[C@H]1CC(c2ccccc2F)=NO1. The lowest BCUT2D eigenvalue weighted by Gasteiger charge is -1.98.